The number of hydrogen-bond acceptors (Lipinski definition) is 1. The normalized spacial score (nSPS) is 22.5. The van der Waals surface area contributed by atoms with E-state index < -0.39 is 0 Å². The van der Waals surface area contributed by atoms with Crippen LogP contribution in [0.5, 0.6) is 0 Å². The van der Waals surface area contributed by atoms with Gasteiger partial charge in [0.05, 0.1) is 5.92 Å². The van der Waals surface area contributed by atoms with Gasteiger partial charge in [0.25, 0.3) is 0 Å². The fourth-order valence-electron chi connectivity index (χ4n) is 1.13. The summed E-state index contributed by atoms with van der Waals surface area (Å²) < 4.78 is 0. The van der Waals surface area contributed by atoms with Crippen molar-refractivity contribution >= 4 is 5.91 Å². The third kappa shape index (κ3) is 1.50. The Bertz CT molecular complexity index is 214. The Hall–Kier alpha value is -1.05. The van der Waals surface area contributed by atoms with Gasteiger partial charge in [-0.05, 0) is 12.8 Å². The van der Waals surface area contributed by atoms with Crippen molar-refractivity contribution in [2.24, 2.45) is 5.92 Å². The molecule has 0 aromatic heterocycles. The zero-order valence-electron chi connectivity index (χ0n) is 6.29. The average molecular weight is 149 g/mol. The summed E-state index contributed by atoms with van der Waals surface area (Å²) >= 11 is 0. The van der Waals surface area contributed by atoms with Gasteiger partial charge in [-0.2, -0.15) is 0 Å². The summed E-state index contributed by atoms with van der Waals surface area (Å²) in [6.07, 6.45) is 9.97. The van der Waals surface area contributed by atoms with Crippen molar-refractivity contribution in [1.82, 2.24) is 5.32 Å². The summed E-state index contributed by atoms with van der Waals surface area (Å²) in [5.41, 5.74) is 0. The molecule has 1 saturated carbocycles. The predicted octanol–water partition coefficient (Wildman–Crippen LogP) is 1.01. The first-order chi connectivity index (χ1) is 5.36. The van der Waals surface area contributed by atoms with E-state index in [-0.39, 0.29) is 11.8 Å². The quantitative estimate of drug-likeness (QED) is 0.623. The van der Waals surface area contributed by atoms with Crippen LogP contribution in [0.3, 0.4) is 0 Å². The Morgan fingerprint density at radius 3 is 2.45 bits per heavy atom. The molecule has 0 aromatic rings. The molecule has 0 unspecified atom stereocenters. The minimum Gasteiger partial charge on any atom is -0.353 e. The van der Waals surface area contributed by atoms with E-state index in [0.29, 0.717) is 6.04 Å². The molecule has 1 amide bonds. The van der Waals surface area contributed by atoms with Gasteiger partial charge in [0.15, 0.2) is 0 Å². The van der Waals surface area contributed by atoms with Crippen molar-refractivity contribution in [3.8, 4) is 0 Å². The van der Waals surface area contributed by atoms with E-state index in [1.165, 1.54) is 0 Å². The lowest BCUT2D eigenvalue weighted by molar-refractivity contribution is -0.122. The standard InChI is InChI=1S/C9H11NO/c11-9(10-8-5-6-8)7-3-1-2-4-7/h1-4,7-8H,5-6H2,(H,10,11). The molecule has 58 valence electrons. The maximum atomic E-state index is 11.3. The second-order valence-corrected chi connectivity index (χ2v) is 3.08. The fraction of sp³-hybridized carbons (Fsp3) is 0.444. The van der Waals surface area contributed by atoms with Crippen LogP contribution in [0.25, 0.3) is 0 Å². The van der Waals surface area contributed by atoms with E-state index >= 15 is 0 Å². The van der Waals surface area contributed by atoms with E-state index in [1.807, 2.05) is 24.3 Å². The molecule has 2 heteroatoms. The van der Waals surface area contributed by atoms with Gasteiger partial charge in [-0.3, -0.25) is 4.79 Å². The zero-order chi connectivity index (χ0) is 7.68. The van der Waals surface area contributed by atoms with Crippen molar-refractivity contribution in [2.75, 3.05) is 0 Å². The lowest BCUT2D eigenvalue weighted by Gasteiger charge is -2.05. The largest absolute Gasteiger partial charge is 0.353 e. The molecule has 0 atom stereocenters. The molecule has 0 heterocycles. The highest BCUT2D eigenvalue weighted by atomic mass is 16.1. The lowest BCUT2D eigenvalue weighted by Crippen LogP contribution is -2.29. The average Bonchev–Trinajstić information content (AvgIpc) is 2.67. The number of hydrogen-bond donors (Lipinski definition) is 1. The number of amides is 1. The van der Waals surface area contributed by atoms with E-state index in [4.69, 9.17) is 0 Å². The Kier molecular flexibility index (Phi) is 1.53. The first-order valence-corrected chi connectivity index (χ1v) is 4.01. The summed E-state index contributed by atoms with van der Waals surface area (Å²) in [5, 5.41) is 2.95. The molecular formula is C9H11NO. The van der Waals surface area contributed by atoms with Crippen molar-refractivity contribution in [2.45, 2.75) is 18.9 Å². The minimum absolute atomic E-state index is 0.00407. The molecule has 0 radical (unpaired) electrons. The Balaban J connectivity index is 1.88. The second-order valence-electron chi connectivity index (χ2n) is 3.08. The highest BCUT2D eigenvalue weighted by Gasteiger charge is 2.25. The summed E-state index contributed by atoms with van der Waals surface area (Å²) in [4.78, 5) is 11.3. The van der Waals surface area contributed by atoms with Gasteiger partial charge < -0.3 is 5.32 Å². The Morgan fingerprint density at radius 2 is 1.91 bits per heavy atom. The molecule has 2 nitrogen and oxygen atoms in total. The summed E-state index contributed by atoms with van der Waals surface area (Å²) in [6, 6.07) is 0.477. The second kappa shape index (κ2) is 2.53. The summed E-state index contributed by atoms with van der Waals surface area (Å²) in [5.74, 6) is 0.146. The van der Waals surface area contributed by atoms with Gasteiger partial charge in [0.2, 0.25) is 5.91 Å². The van der Waals surface area contributed by atoms with Gasteiger partial charge in [-0.15, -0.1) is 0 Å². The highest BCUT2D eigenvalue weighted by Crippen LogP contribution is 2.20. The highest BCUT2D eigenvalue weighted by molar-refractivity contribution is 5.83. The number of carbonyl (C=O) groups excluding carboxylic acids is 1. The zero-order valence-corrected chi connectivity index (χ0v) is 6.29. The van der Waals surface area contributed by atoms with Crippen molar-refractivity contribution in [1.29, 1.82) is 0 Å². The number of rotatable bonds is 2. The van der Waals surface area contributed by atoms with Crippen molar-refractivity contribution in [3.05, 3.63) is 24.3 Å². The summed E-state index contributed by atoms with van der Waals surface area (Å²) in [7, 11) is 0. The smallest absolute Gasteiger partial charge is 0.230 e. The minimum atomic E-state index is -0.00407. The molecule has 2 rings (SSSR count). The predicted molar refractivity (Wildman–Crippen MR) is 42.9 cm³/mol. The maximum absolute atomic E-state index is 11.3. The third-order valence-corrected chi connectivity index (χ3v) is 1.97. The van der Waals surface area contributed by atoms with Gasteiger partial charge >= 0.3 is 0 Å². The first-order valence-electron chi connectivity index (χ1n) is 4.01. The van der Waals surface area contributed by atoms with Crippen LogP contribution in [0, 0.1) is 5.92 Å². The molecular weight excluding hydrogens is 138 g/mol. The molecule has 2 aliphatic carbocycles. The van der Waals surface area contributed by atoms with Crippen molar-refractivity contribution in [3.63, 3.8) is 0 Å². The SMILES string of the molecule is O=C(NC1CC1)C1C=CC=C1. The van der Waals surface area contributed by atoms with E-state index in [2.05, 4.69) is 5.32 Å². The maximum Gasteiger partial charge on any atom is 0.230 e. The monoisotopic (exact) mass is 149 g/mol. The molecule has 2 aliphatic rings. The van der Waals surface area contributed by atoms with Crippen LogP contribution in [0.4, 0.5) is 0 Å². The third-order valence-electron chi connectivity index (χ3n) is 1.97. The van der Waals surface area contributed by atoms with Crippen LogP contribution in [-0.4, -0.2) is 11.9 Å². The molecule has 0 aliphatic heterocycles. The lowest BCUT2D eigenvalue weighted by atomic mass is 10.1. The molecule has 0 bridgehead atoms. The molecule has 11 heavy (non-hydrogen) atoms. The van der Waals surface area contributed by atoms with Gasteiger partial charge in [0.1, 0.15) is 0 Å². The first kappa shape index (κ1) is 6.65. The van der Waals surface area contributed by atoms with E-state index in [1.54, 1.807) is 0 Å². The van der Waals surface area contributed by atoms with Crippen LogP contribution < -0.4 is 5.32 Å². The number of carbonyl (C=O) groups is 1. The van der Waals surface area contributed by atoms with Crippen LogP contribution >= 0.6 is 0 Å². The number of nitrogens with one attached hydrogen (secondary N) is 1. The van der Waals surface area contributed by atoms with Gasteiger partial charge in [-0.25, -0.2) is 0 Å². The topological polar surface area (TPSA) is 29.1 Å². The molecule has 0 saturated heterocycles. The molecule has 0 spiro atoms. The van der Waals surface area contributed by atoms with Crippen LogP contribution in [0.1, 0.15) is 12.8 Å². The van der Waals surface area contributed by atoms with E-state index in [0.717, 1.165) is 12.8 Å². The fourth-order valence-corrected chi connectivity index (χ4v) is 1.13. The van der Waals surface area contributed by atoms with Gasteiger partial charge in [-0.1, -0.05) is 24.3 Å². The van der Waals surface area contributed by atoms with Gasteiger partial charge in [0, 0.05) is 6.04 Å². The Labute approximate surface area is 66.0 Å². The Morgan fingerprint density at radius 1 is 1.27 bits per heavy atom. The molecule has 1 fully saturated rings. The summed E-state index contributed by atoms with van der Waals surface area (Å²) in [6.45, 7) is 0. The molecule has 0 aromatic carbocycles. The molecule has 1 N–H and O–H groups in total. The van der Waals surface area contributed by atoms with Crippen LogP contribution in [0.2, 0.25) is 0 Å². The van der Waals surface area contributed by atoms with Crippen molar-refractivity contribution < 1.29 is 4.79 Å². The van der Waals surface area contributed by atoms with E-state index in [9.17, 15) is 4.79 Å². The number of allylic oxidation sites excluding steroid dienone is 2. The van der Waals surface area contributed by atoms with Crippen LogP contribution in [-0.2, 0) is 4.79 Å². The van der Waals surface area contributed by atoms with Crippen LogP contribution in [0.15, 0.2) is 24.3 Å².